The molecular formula is C19H14N2O3S. The first kappa shape index (κ1) is 14.6. The molecule has 1 aliphatic rings. The molecule has 1 aliphatic carbocycles. The van der Waals surface area contributed by atoms with Gasteiger partial charge in [0.1, 0.15) is 10.4 Å². The van der Waals surface area contributed by atoms with Crippen molar-refractivity contribution in [3.8, 4) is 0 Å². The van der Waals surface area contributed by atoms with Crippen molar-refractivity contribution in [1.82, 2.24) is 9.55 Å². The Balaban J connectivity index is 1.70. The minimum Gasteiger partial charge on any atom is -0.423 e. The molecule has 0 unspecified atom stereocenters. The van der Waals surface area contributed by atoms with Gasteiger partial charge in [-0.15, -0.1) is 11.3 Å². The van der Waals surface area contributed by atoms with Crippen molar-refractivity contribution in [3.63, 3.8) is 0 Å². The van der Waals surface area contributed by atoms with Crippen molar-refractivity contribution in [2.24, 2.45) is 0 Å². The number of nitrogens with zero attached hydrogens (tertiary/aromatic N) is 2. The largest absolute Gasteiger partial charge is 0.423 e. The first-order valence-corrected chi connectivity index (χ1v) is 9.08. The molecule has 0 atom stereocenters. The lowest BCUT2D eigenvalue weighted by Crippen LogP contribution is -2.21. The van der Waals surface area contributed by atoms with E-state index in [0.29, 0.717) is 17.5 Å². The van der Waals surface area contributed by atoms with Crippen LogP contribution in [0.3, 0.4) is 0 Å². The van der Waals surface area contributed by atoms with Crippen LogP contribution in [0.4, 0.5) is 0 Å². The second kappa shape index (κ2) is 5.39. The van der Waals surface area contributed by atoms with Gasteiger partial charge in [-0.1, -0.05) is 0 Å². The smallest absolute Gasteiger partial charge is 0.336 e. The second-order valence-electron chi connectivity index (χ2n) is 6.38. The van der Waals surface area contributed by atoms with Gasteiger partial charge in [-0.25, -0.2) is 9.78 Å². The Morgan fingerprint density at radius 2 is 1.96 bits per heavy atom. The van der Waals surface area contributed by atoms with Gasteiger partial charge in [-0.2, -0.15) is 0 Å². The Labute approximate surface area is 146 Å². The van der Waals surface area contributed by atoms with Crippen LogP contribution >= 0.6 is 11.3 Å². The lowest BCUT2D eigenvalue weighted by molar-refractivity contribution is 0.557. The summed E-state index contributed by atoms with van der Waals surface area (Å²) in [6.45, 7) is 0.304. The van der Waals surface area contributed by atoms with Gasteiger partial charge in [0.05, 0.1) is 18.3 Å². The minimum absolute atomic E-state index is 0.0891. The van der Waals surface area contributed by atoms with E-state index in [-0.39, 0.29) is 5.56 Å². The third-order valence-electron chi connectivity index (χ3n) is 4.83. The Morgan fingerprint density at radius 3 is 2.84 bits per heavy atom. The number of benzene rings is 1. The van der Waals surface area contributed by atoms with Crippen molar-refractivity contribution in [2.45, 2.75) is 25.8 Å². The van der Waals surface area contributed by atoms with E-state index in [2.05, 4.69) is 11.1 Å². The van der Waals surface area contributed by atoms with E-state index in [0.717, 1.165) is 35.0 Å². The zero-order valence-electron chi connectivity index (χ0n) is 13.3. The number of aryl methyl sites for hydroxylation is 2. The maximum Gasteiger partial charge on any atom is 0.336 e. The highest BCUT2D eigenvalue weighted by molar-refractivity contribution is 7.16. The highest BCUT2D eigenvalue weighted by atomic mass is 32.1. The lowest BCUT2D eigenvalue weighted by atomic mass is 10.0. The number of fused-ring (bicyclic) bond motifs is 3. The molecule has 0 amide bonds. The molecule has 0 radical (unpaired) electrons. The summed E-state index contributed by atoms with van der Waals surface area (Å²) in [4.78, 5) is 29.7. The lowest BCUT2D eigenvalue weighted by Gasteiger charge is -2.09. The summed E-state index contributed by atoms with van der Waals surface area (Å²) in [6, 6.07) is 7.35. The van der Waals surface area contributed by atoms with E-state index >= 15 is 0 Å². The minimum atomic E-state index is -0.391. The summed E-state index contributed by atoms with van der Waals surface area (Å²) in [5, 5.41) is 3.37. The fraction of sp³-hybridized carbons (Fsp3) is 0.211. The van der Waals surface area contributed by atoms with Crippen LogP contribution < -0.4 is 11.2 Å². The molecule has 0 aliphatic heterocycles. The van der Waals surface area contributed by atoms with Crippen molar-refractivity contribution < 1.29 is 4.42 Å². The number of hydrogen-bond acceptors (Lipinski definition) is 5. The summed E-state index contributed by atoms with van der Waals surface area (Å²) in [5.41, 5.74) is 3.47. The van der Waals surface area contributed by atoms with Crippen molar-refractivity contribution in [1.29, 1.82) is 0 Å². The van der Waals surface area contributed by atoms with E-state index in [1.165, 1.54) is 28.5 Å². The van der Waals surface area contributed by atoms with Gasteiger partial charge in [0, 0.05) is 11.5 Å². The fourth-order valence-electron chi connectivity index (χ4n) is 3.61. The third-order valence-corrected chi connectivity index (χ3v) is 5.65. The summed E-state index contributed by atoms with van der Waals surface area (Å²) >= 11 is 1.45. The van der Waals surface area contributed by atoms with Crippen molar-refractivity contribution in [2.75, 3.05) is 0 Å². The van der Waals surface area contributed by atoms with E-state index in [1.807, 2.05) is 11.4 Å². The second-order valence-corrected chi connectivity index (χ2v) is 7.27. The van der Waals surface area contributed by atoms with E-state index < -0.39 is 5.63 Å². The number of rotatable bonds is 2. The van der Waals surface area contributed by atoms with Crippen LogP contribution in [0.5, 0.6) is 0 Å². The molecule has 0 bridgehead atoms. The number of thiophene rings is 1. The molecule has 5 rings (SSSR count). The number of hydrogen-bond donors (Lipinski definition) is 0. The molecule has 0 saturated carbocycles. The zero-order chi connectivity index (χ0) is 17.0. The first-order chi connectivity index (χ1) is 12.2. The van der Waals surface area contributed by atoms with E-state index in [4.69, 9.17) is 4.42 Å². The fourth-order valence-corrected chi connectivity index (χ4v) is 4.34. The predicted octanol–water partition coefficient (Wildman–Crippen LogP) is 3.10. The molecule has 0 saturated heterocycles. The van der Waals surface area contributed by atoms with Gasteiger partial charge in [0.25, 0.3) is 5.56 Å². The Morgan fingerprint density at radius 1 is 1.12 bits per heavy atom. The highest BCUT2D eigenvalue weighted by Crippen LogP contribution is 2.28. The SMILES string of the molecule is O=c1cc(Cn2cnc3sccc3c2=O)c2cc3c(cc2o1)CCC3. The molecule has 0 N–H and O–H groups in total. The van der Waals surface area contributed by atoms with Gasteiger partial charge >= 0.3 is 5.63 Å². The van der Waals surface area contributed by atoms with Crippen LogP contribution in [0, 0.1) is 0 Å². The van der Waals surface area contributed by atoms with Crippen LogP contribution in [0.2, 0.25) is 0 Å². The van der Waals surface area contributed by atoms with Gasteiger partial charge < -0.3 is 4.42 Å². The van der Waals surface area contributed by atoms with E-state index in [1.54, 1.807) is 17.0 Å². The standard InChI is InChI=1S/C19H14N2O3S/c22-17-8-13(9-21-10-20-18-14(19(21)23)4-5-25-18)15-6-11-2-1-3-12(11)7-16(15)24-17/h4-8,10H,1-3,9H2. The van der Waals surface area contributed by atoms with Crippen LogP contribution in [-0.2, 0) is 19.4 Å². The van der Waals surface area contributed by atoms with Crippen LogP contribution in [-0.4, -0.2) is 9.55 Å². The van der Waals surface area contributed by atoms with Crippen LogP contribution in [0.1, 0.15) is 23.1 Å². The zero-order valence-corrected chi connectivity index (χ0v) is 14.1. The van der Waals surface area contributed by atoms with Gasteiger partial charge in [-0.05, 0) is 59.5 Å². The molecule has 1 aromatic carbocycles. The predicted molar refractivity (Wildman–Crippen MR) is 97.5 cm³/mol. The van der Waals surface area contributed by atoms with Crippen molar-refractivity contribution >= 4 is 32.5 Å². The molecule has 25 heavy (non-hydrogen) atoms. The Hall–Kier alpha value is -2.73. The maximum absolute atomic E-state index is 12.6. The Bertz CT molecular complexity index is 1250. The van der Waals surface area contributed by atoms with Crippen LogP contribution in [0.15, 0.2) is 50.0 Å². The topological polar surface area (TPSA) is 65.1 Å². The van der Waals surface area contributed by atoms with Gasteiger partial charge in [-0.3, -0.25) is 9.36 Å². The monoisotopic (exact) mass is 350 g/mol. The van der Waals surface area contributed by atoms with Crippen LogP contribution in [0.25, 0.3) is 21.2 Å². The third kappa shape index (κ3) is 2.33. The van der Waals surface area contributed by atoms with E-state index in [9.17, 15) is 9.59 Å². The maximum atomic E-state index is 12.6. The molecule has 4 aromatic rings. The highest BCUT2D eigenvalue weighted by Gasteiger charge is 2.16. The molecule has 0 spiro atoms. The average Bonchev–Trinajstić information content (AvgIpc) is 3.24. The quantitative estimate of drug-likeness (QED) is 0.521. The normalized spacial score (nSPS) is 13.6. The first-order valence-electron chi connectivity index (χ1n) is 8.20. The van der Waals surface area contributed by atoms with Gasteiger partial charge in [0.15, 0.2) is 0 Å². The average molecular weight is 350 g/mol. The summed E-state index contributed by atoms with van der Waals surface area (Å²) in [5.74, 6) is 0. The molecule has 3 aromatic heterocycles. The van der Waals surface area contributed by atoms with Gasteiger partial charge in [0.2, 0.25) is 0 Å². The molecular weight excluding hydrogens is 336 g/mol. The molecule has 0 fully saturated rings. The summed E-state index contributed by atoms with van der Waals surface area (Å²) < 4.78 is 6.95. The molecule has 124 valence electrons. The van der Waals surface area contributed by atoms with Crippen molar-refractivity contribution in [3.05, 3.63) is 73.4 Å². The number of aromatic nitrogens is 2. The summed E-state index contributed by atoms with van der Waals surface area (Å²) in [6.07, 6.45) is 4.75. The Kier molecular flexibility index (Phi) is 3.15. The molecule has 5 nitrogen and oxygen atoms in total. The molecule has 3 heterocycles. The summed E-state index contributed by atoms with van der Waals surface area (Å²) in [7, 11) is 0. The molecule has 6 heteroatoms.